The van der Waals surface area contributed by atoms with E-state index >= 15 is 0 Å². The summed E-state index contributed by atoms with van der Waals surface area (Å²) in [7, 11) is 1.70. The van der Waals surface area contributed by atoms with Crippen molar-refractivity contribution < 1.29 is 4.74 Å². The lowest BCUT2D eigenvalue weighted by Gasteiger charge is -2.12. The first-order valence-corrected chi connectivity index (χ1v) is 7.37. The van der Waals surface area contributed by atoms with E-state index in [4.69, 9.17) is 9.72 Å². The number of pyridine rings is 1. The van der Waals surface area contributed by atoms with Gasteiger partial charge in [-0.3, -0.25) is 4.98 Å². The molecule has 0 saturated carbocycles. The molecule has 104 valence electrons. The molecule has 1 aliphatic carbocycles. The summed E-state index contributed by atoms with van der Waals surface area (Å²) >= 11 is 0. The summed E-state index contributed by atoms with van der Waals surface area (Å²) in [6.45, 7) is 0. The summed E-state index contributed by atoms with van der Waals surface area (Å²) in [6, 6.07) is 19.1. The standard InChI is InChI=1S/C19H17NO/c1-21-16-8-10-18-15(12-16)11-14-7-9-17(19(14)20-18)13-5-3-2-4-6-13/h2-6,8,10-12,17H,7,9H2,1H3. The number of ether oxygens (including phenoxy) is 1. The van der Waals surface area contributed by atoms with Gasteiger partial charge in [0.1, 0.15) is 5.75 Å². The first-order chi connectivity index (χ1) is 10.3. The summed E-state index contributed by atoms with van der Waals surface area (Å²) in [5.41, 5.74) is 5.05. The smallest absolute Gasteiger partial charge is 0.119 e. The SMILES string of the molecule is COc1ccc2nc3c(cc2c1)CCC3c1ccccc1. The number of hydrogen-bond donors (Lipinski definition) is 0. The number of methoxy groups -OCH3 is 1. The molecule has 0 spiro atoms. The van der Waals surface area contributed by atoms with Crippen LogP contribution < -0.4 is 4.74 Å². The van der Waals surface area contributed by atoms with E-state index in [2.05, 4.69) is 48.5 Å². The zero-order valence-electron chi connectivity index (χ0n) is 12.0. The van der Waals surface area contributed by atoms with Gasteiger partial charge in [0.2, 0.25) is 0 Å². The third kappa shape index (κ3) is 2.07. The van der Waals surface area contributed by atoms with Crippen LogP contribution in [0.25, 0.3) is 10.9 Å². The highest BCUT2D eigenvalue weighted by Gasteiger charge is 2.25. The molecule has 1 heterocycles. The molecule has 3 aromatic rings. The second kappa shape index (κ2) is 4.88. The van der Waals surface area contributed by atoms with Crippen LogP contribution in [0.2, 0.25) is 0 Å². The number of fused-ring (bicyclic) bond motifs is 2. The Morgan fingerprint density at radius 3 is 2.71 bits per heavy atom. The Kier molecular flexibility index (Phi) is 2.88. The highest BCUT2D eigenvalue weighted by molar-refractivity contribution is 5.81. The third-order valence-corrected chi connectivity index (χ3v) is 4.37. The second-order valence-corrected chi connectivity index (χ2v) is 5.59. The zero-order chi connectivity index (χ0) is 14.2. The van der Waals surface area contributed by atoms with Gasteiger partial charge in [-0.25, -0.2) is 0 Å². The van der Waals surface area contributed by atoms with E-state index in [0.29, 0.717) is 5.92 Å². The first kappa shape index (κ1) is 12.4. The predicted octanol–water partition coefficient (Wildman–Crippen LogP) is 4.32. The monoisotopic (exact) mass is 275 g/mol. The van der Waals surface area contributed by atoms with Crippen molar-refractivity contribution >= 4 is 10.9 Å². The van der Waals surface area contributed by atoms with Crippen LogP contribution in [0, 0.1) is 0 Å². The zero-order valence-corrected chi connectivity index (χ0v) is 12.0. The molecule has 0 aliphatic heterocycles. The lowest BCUT2D eigenvalue weighted by molar-refractivity contribution is 0.415. The number of benzene rings is 2. The van der Waals surface area contributed by atoms with Crippen LogP contribution in [0.4, 0.5) is 0 Å². The highest BCUT2D eigenvalue weighted by Crippen LogP contribution is 2.38. The van der Waals surface area contributed by atoms with Gasteiger partial charge in [0.25, 0.3) is 0 Å². The third-order valence-electron chi connectivity index (χ3n) is 4.37. The van der Waals surface area contributed by atoms with Gasteiger partial charge in [0.05, 0.1) is 18.3 Å². The van der Waals surface area contributed by atoms with Gasteiger partial charge >= 0.3 is 0 Å². The van der Waals surface area contributed by atoms with Crippen LogP contribution in [0.1, 0.15) is 29.2 Å². The maximum Gasteiger partial charge on any atom is 0.119 e. The van der Waals surface area contributed by atoms with Gasteiger partial charge in [-0.1, -0.05) is 30.3 Å². The van der Waals surface area contributed by atoms with E-state index in [0.717, 1.165) is 24.1 Å². The Balaban J connectivity index is 1.84. The molecular formula is C19H17NO. The Hall–Kier alpha value is -2.35. The van der Waals surface area contributed by atoms with Crippen LogP contribution in [0.5, 0.6) is 5.75 Å². The molecule has 0 saturated heterocycles. The Bertz CT molecular complexity index is 795. The fourth-order valence-corrected chi connectivity index (χ4v) is 3.29. The number of aryl methyl sites for hydroxylation is 1. The lowest BCUT2D eigenvalue weighted by Crippen LogP contribution is -1.99. The van der Waals surface area contributed by atoms with Crippen molar-refractivity contribution in [2.45, 2.75) is 18.8 Å². The molecule has 1 aliphatic rings. The quantitative estimate of drug-likeness (QED) is 0.695. The predicted molar refractivity (Wildman–Crippen MR) is 84.9 cm³/mol. The van der Waals surface area contributed by atoms with Crippen molar-refractivity contribution in [2.75, 3.05) is 7.11 Å². The fraction of sp³-hybridized carbons (Fsp3) is 0.211. The van der Waals surface area contributed by atoms with E-state index in [1.165, 1.54) is 22.2 Å². The largest absolute Gasteiger partial charge is 0.497 e. The van der Waals surface area contributed by atoms with Crippen molar-refractivity contribution in [3.05, 3.63) is 71.4 Å². The molecule has 0 fully saturated rings. The van der Waals surface area contributed by atoms with Crippen molar-refractivity contribution in [3.63, 3.8) is 0 Å². The van der Waals surface area contributed by atoms with E-state index in [1.807, 2.05) is 6.07 Å². The van der Waals surface area contributed by atoms with E-state index in [9.17, 15) is 0 Å². The van der Waals surface area contributed by atoms with E-state index < -0.39 is 0 Å². The molecule has 2 heteroatoms. The maximum absolute atomic E-state index is 5.30. The molecule has 1 atom stereocenters. The average Bonchev–Trinajstić information content (AvgIpc) is 2.95. The first-order valence-electron chi connectivity index (χ1n) is 7.37. The fourth-order valence-electron chi connectivity index (χ4n) is 3.29. The van der Waals surface area contributed by atoms with Gasteiger partial charge in [-0.15, -0.1) is 0 Å². The minimum absolute atomic E-state index is 0.438. The maximum atomic E-state index is 5.30. The van der Waals surface area contributed by atoms with Crippen LogP contribution in [0.15, 0.2) is 54.6 Å². The van der Waals surface area contributed by atoms with Crippen LogP contribution in [-0.2, 0) is 6.42 Å². The number of aromatic nitrogens is 1. The minimum atomic E-state index is 0.438. The van der Waals surface area contributed by atoms with Gasteiger partial charge in [-0.05, 0) is 48.2 Å². The lowest BCUT2D eigenvalue weighted by atomic mass is 9.96. The number of hydrogen-bond acceptors (Lipinski definition) is 2. The molecule has 0 amide bonds. The molecule has 0 radical (unpaired) electrons. The molecule has 4 rings (SSSR count). The summed E-state index contributed by atoms with van der Waals surface area (Å²) in [5.74, 6) is 1.33. The van der Waals surface area contributed by atoms with Crippen LogP contribution in [0.3, 0.4) is 0 Å². The highest BCUT2D eigenvalue weighted by atomic mass is 16.5. The molecule has 0 bridgehead atoms. The van der Waals surface area contributed by atoms with Crippen molar-refractivity contribution in [3.8, 4) is 5.75 Å². The molecule has 0 N–H and O–H groups in total. The second-order valence-electron chi connectivity index (χ2n) is 5.59. The van der Waals surface area contributed by atoms with Gasteiger partial charge in [0, 0.05) is 11.3 Å². The van der Waals surface area contributed by atoms with Crippen LogP contribution >= 0.6 is 0 Å². The van der Waals surface area contributed by atoms with Gasteiger partial charge < -0.3 is 4.74 Å². The van der Waals surface area contributed by atoms with E-state index in [-0.39, 0.29) is 0 Å². The Labute approximate surface area is 124 Å². The molecule has 2 nitrogen and oxygen atoms in total. The summed E-state index contributed by atoms with van der Waals surface area (Å²) in [6.07, 6.45) is 2.26. The summed E-state index contributed by atoms with van der Waals surface area (Å²) in [4.78, 5) is 4.93. The number of rotatable bonds is 2. The minimum Gasteiger partial charge on any atom is -0.497 e. The normalized spacial score (nSPS) is 16.9. The topological polar surface area (TPSA) is 22.1 Å². The molecule has 2 aromatic carbocycles. The summed E-state index contributed by atoms with van der Waals surface area (Å²) in [5, 5.41) is 1.17. The van der Waals surface area contributed by atoms with Crippen molar-refractivity contribution in [1.29, 1.82) is 0 Å². The number of nitrogens with zero attached hydrogens (tertiary/aromatic N) is 1. The molecule has 1 aromatic heterocycles. The molecular weight excluding hydrogens is 258 g/mol. The van der Waals surface area contributed by atoms with Crippen LogP contribution in [-0.4, -0.2) is 12.1 Å². The van der Waals surface area contributed by atoms with Gasteiger partial charge in [0.15, 0.2) is 0 Å². The van der Waals surface area contributed by atoms with Crippen molar-refractivity contribution in [2.24, 2.45) is 0 Å². The molecule has 1 unspecified atom stereocenters. The average molecular weight is 275 g/mol. The van der Waals surface area contributed by atoms with Gasteiger partial charge in [-0.2, -0.15) is 0 Å². The van der Waals surface area contributed by atoms with Crippen molar-refractivity contribution in [1.82, 2.24) is 4.98 Å². The molecule has 21 heavy (non-hydrogen) atoms. The summed E-state index contributed by atoms with van der Waals surface area (Å²) < 4.78 is 5.30. The Morgan fingerprint density at radius 1 is 1.05 bits per heavy atom. The van der Waals surface area contributed by atoms with E-state index in [1.54, 1.807) is 7.11 Å². The Morgan fingerprint density at radius 2 is 1.90 bits per heavy atom.